The zero-order valence-corrected chi connectivity index (χ0v) is 17.0. The van der Waals surface area contributed by atoms with Gasteiger partial charge < -0.3 is 14.4 Å². The Labute approximate surface area is 168 Å². The minimum atomic E-state index is -0.535. The average molecular weight is 397 g/mol. The van der Waals surface area contributed by atoms with Crippen LogP contribution in [0.4, 0.5) is 0 Å². The Morgan fingerprint density at radius 1 is 1.25 bits per heavy atom. The van der Waals surface area contributed by atoms with Crippen LogP contribution in [0.15, 0.2) is 41.4 Å². The Morgan fingerprint density at radius 2 is 2.07 bits per heavy atom. The van der Waals surface area contributed by atoms with Crippen LogP contribution in [0.3, 0.4) is 0 Å². The standard InChI is InChI=1S/C22H23NO4S/c1-4-27-22(25)16-12-23-17(11-19(16)24)14-7-8-20(26-3)13(2)15(14)10-18(23)21-6-5-9-28-21/h5-9,12,17-18H,4,10-11H2,1-3H3. The Hall–Kier alpha value is -2.60. The second kappa shape index (κ2) is 7.43. The number of fused-ring (bicyclic) bond motifs is 3. The summed E-state index contributed by atoms with van der Waals surface area (Å²) in [4.78, 5) is 28.5. The van der Waals surface area contributed by atoms with Gasteiger partial charge in [-0.3, -0.25) is 4.79 Å². The van der Waals surface area contributed by atoms with Gasteiger partial charge in [0.25, 0.3) is 0 Å². The van der Waals surface area contributed by atoms with Crippen LogP contribution in [0.1, 0.15) is 47.0 Å². The Kier molecular flexibility index (Phi) is 4.98. The van der Waals surface area contributed by atoms with Gasteiger partial charge in [0.15, 0.2) is 5.78 Å². The van der Waals surface area contributed by atoms with Gasteiger partial charge in [-0.25, -0.2) is 4.79 Å². The van der Waals surface area contributed by atoms with Crippen molar-refractivity contribution < 1.29 is 19.1 Å². The van der Waals surface area contributed by atoms with Crippen molar-refractivity contribution in [1.82, 2.24) is 4.90 Å². The van der Waals surface area contributed by atoms with Crippen LogP contribution in [-0.4, -0.2) is 30.4 Å². The molecule has 1 aromatic carbocycles. The summed E-state index contributed by atoms with van der Waals surface area (Å²) < 4.78 is 10.6. The first-order chi connectivity index (χ1) is 13.5. The van der Waals surface area contributed by atoms with Gasteiger partial charge in [0, 0.05) is 17.5 Å². The summed E-state index contributed by atoms with van der Waals surface area (Å²) in [6.07, 6.45) is 2.79. The number of ether oxygens (including phenoxy) is 2. The van der Waals surface area contributed by atoms with Gasteiger partial charge >= 0.3 is 5.97 Å². The summed E-state index contributed by atoms with van der Waals surface area (Å²) in [5.74, 6) is 0.167. The largest absolute Gasteiger partial charge is 0.496 e. The van der Waals surface area contributed by atoms with Gasteiger partial charge in [-0.1, -0.05) is 12.1 Å². The topological polar surface area (TPSA) is 55.8 Å². The van der Waals surface area contributed by atoms with Crippen LogP contribution in [-0.2, 0) is 20.7 Å². The summed E-state index contributed by atoms with van der Waals surface area (Å²) in [5.41, 5.74) is 3.64. The van der Waals surface area contributed by atoms with Crippen LogP contribution in [0.5, 0.6) is 5.75 Å². The second-order valence-electron chi connectivity index (χ2n) is 7.05. The van der Waals surface area contributed by atoms with Crippen molar-refractivity contribution in [3.05, 3.63) is 63.0 Å². The quantitative estimate of drug-likeness (QED) is 0.574. The molecule has 0 saturated carbocycles. The molecule has 0 saturated heterocycles. The van der Waals surface area contributed by atoms with E-state index in [9.17, 15) is 9.59 Å². The first kappa shape index (κ1) is 18.7. The van der Waals surface area contributed by atoms with Crippen molar-refractivity contribution in [2.45, 2.75) is 38.8 Å². The lowest BCUT2D eigenvalue weighted by Gasteiger charge is -2.45. The van der Waals surface area contributed by atoms with Gasteiger partial charge in [-0.2, -0.15) is 0 Å². The number of hydrogen-bond acceptors (Lipinski definition) is 6. The molecule has 2 aromatic rings. The predicted octanol–water partition coefficient (Wildman–Crippen LogP) is 4.13. The molecule has 3 heterocycles. The third kappa shape index (κ3) is 3.02. The van der Waals surface area contributed by atoms with Gasteiger partial charge in [-0.05, 0) is 54.5 Å². The van der Waals surface area contributed by atoms with E-state index in [4.69, 9.17) is 9.47 Å². The zero-order chi connectivity index (χ0) is 19.8. The third-order valence-corrected chi connectivity index (χ3v) is 6.58. The van der Waals surface area contributed by atoms with Crippen LogP contribution < -0.4 is 4.74 Å². The van der Waals surface area contributed by atoms with Crippen LogP contribution in [0.2, 0.25) is 0 Å². The number of ketones is 1. The lowest BCUT2D eigenvalue weighted by molar-refractivity contribution is -0.140. The van der Waals surface area contributed by atoms with E-state index in [1.54, 1.807) is 31.6 Å². The molecule has 5 nitrogen and oxygen atoms in total. The lowest BCUT2D eigenvalue weighted by atomic mass is 9.80. The highest BCUT2D eigenvalue weighted by Crippen LogP contribution is 2.47. The maximum absolute atomic E-state index is 12.8. The van der Waals surface area contributed by atoms with Crippen molar-refractivity contribution in [3.8, 4) is 5.75 Å². The maximum atomic E-state index is 12.8. The number of benzene rings is 1. The average Bonchev–Trinajstić information content (AvgIpc) is 3.22. The van der Waals surface area contributed by atoms with Crippen molar-refractivity contribution in [2.24, 2.45) is 0 Å². The van der Waals surface area contributed by atoms with E-state index in [0.717, 1.165) is 23.3 Å². The van der Waals surface area contributed by atoms with E-state index < -0.39 is 5.97 Å². The van der Waals surface area contributed by atoms with E-state index >= 15 is 0 Å². The molecule has 2 unspecified atom stereocenters. The van der Waals surface area contributed by atoms with Crippen molar-refractivity contribution in [3.63, 3.8) is 0 Å². The molecule has 28 heavy (non-hydrogen) atoms. The molecular formula is C22H23NO4S. The highest BCUT2D eigenvalue weighted by Gasteiger charge is 2.41. The van der Waals surface area contributed by atoms with Crippen LogP contribution >= 0.6 is 11.3 Å². The molecular weight excluding hydrogens is 374 g/mol. The number of thiophene rings is 1. The fourth-order valence-electron chi connectivity index (χ4n) is 4.24. The molecule has 0 bridgehead atoms. The van der Waals surface area contributed by atoms with Gasteiger partial charge in [0.1, 0.15) is 11.3 Å². The molecule has 2 aliphatic rings. The molecule has 0 amide bonds. The van der Waals surface area contributed by atoms with E-state index in [2.05, 4.69) is 29.3 Å². The number of rotatable bonds is 4. The third-order valence-electron chi connectivity index (χ3n) is 5.61. The number of carbonyl (C=O) groups excluding carboxylic acids is 2. The highest BCUT2D eigenvalue weighted by molar-refractivity contribution is 7.10. The predicted molar refractivity (Wildman–Crippen MR) is 107 cm³/mol. The van der Waals surface area contributed by atoms with Crippen LogP contribution in [0.25, 0.3) is 0 Å². The van der Waals surface area contributed by atoms with Gasteiger partial charge in [0.05, 0.1) is 25.8 Å². The van der Waals surface area contributed by atoms with Gasteiger partial charge in [-0.15, -0.1) is 11.3 Å². The normalized spacial score (nSPS) is 20.9. The number of Topliss-reactive ketones (excluding diaryl/α,β-unsaturated/α-hetero) is 1. The van der Waals surface area contributed by atoms with Crippen molar-refractivity contribution in [1.29, 1.82) is 0 Å². The summed E-state index contributed by atoms with van der Waals surface area (Å²) >= 11 is 1.69. The molecule has 6 heteroatoms. The minimum Gasteiger partial charge on any atom is -0.496 e. The Morgan fingerprint density at radius 3 is 2.75 bits per heavy atom. The monoisotopic (exact) mass is 397 g/mol. The molecule has 2 aliphatic heterocycles. The maximum Gasteiger partial charge on any atom is 0.343 e. The van der Waals surface area contributed by atoms with E-state index in [-0.39, 0.29) is 36.5 Å². The summed E-state index contributed by atoms with van der Waals surface area (Å²) in [7, 11) is 1.68. The number of esters is 1. The zero-order valence-electron chi connectivity index (χ0n) is 16.2. The lowest BCUT2D eigenvalue weighted by Crippen LogP contribution is -2.40. The molecule has 0 radical (unpaired) electrons. The summed E-state index contributed by atoms with van der Waals surface area (Å²) in [6.45, 7) is 4.07. The number of hydrogen-bond donors (Lipinski definition) is 0. The number of nitrogens with zero attached hydrogens (tertiary/aromatic N) is 1. The molecule has 0 fully saturated rings. The second-order valence-corrected chi connectivity index (χ2v) is 8.03. The van der Waals surface area contributed by atoms with Gasteiger partial charge in [0.2, 0.25) is 0 Å². The van der Waals surface area contributed by atoms with Crippen molar-refractivity contribution >= 4 is 23.1 Å². The Balaban J connectivity index is 1.84. The molecule has 0 N–H and O–H groups in total. The first-order valence-electron chi connectivity index (χ1n) is 9.44. The number of methoxy groups -OCH3 is 1. The minimum absolute atomic E-state index is 0.0702. The fourth-order valence-corrected chi connectivity index (χ4v) is 5.08. The Bertz CT molecular complexity index is 948. The fraction of sp³-hybridized carbons (Fsp3) is 0.364. The summed E-state index contributed by atoms with van der Waals surface area (Å²) in [6, 6.07) is 8.15. The highest BCUT2D eigenvalue weighted by atomic mass is 32.1. The van der Waals surface area contributed by atoms with E-state index in [1.807, 2.05) is 12.1 Å². The van der Waals surface area contributed by atoms with E-state index in [1.165, 1.54) is 10.4 Å². The van der Waals surface area contributed by atoms with Crippen LogP contribution in [0, 0.1) is 6.92 Å². The molecule has 0 aliphatic carbocycles. The molecule has 0 spiro atoms. The molecule has 1 aromatic heterocycles. The summed E-state index contributed by atoms with van der Waals surface area (Å²) in [5, 5.41) is 2.06. The number of carbonyl (C=O) groups is 2. The molecule has 2 atom stereocenters. The smallest absolute Gasteiger partial charge is 0.343 e. The first-order valence-corrected chi connectivity index (χ1v) is 10.3. The molecule has 4 rings (SSSR count). The SMILES string of the molecule is CCOC(=O)C1=CN2C(c3cccs3)Cc3c(ccc(OC)c3C)C2CC1=O. The van der Waals surface area contributed by atoms with Crippen molar-refractivity contribution in [2.75, 3.05) is 13.7 Å². The molecule has 146 valence electrons. The van der Waals surface area contributed by atoms with E-state index in [0.29, 0.717) is 0 Å².